The SMILES string of the molecule is NC(=O)Nc1nc2cccnc2n1CCCCN1CCN(c2cccc3c2OCCC3)CC1. The van der Waals surface area contributed by atoms with E-state index in [0.717, 1.165) is 88.5 Å². The van der Waals surface area contributed by atoms with Crippen LogP contribution < -0.4 is 20.7 Å². The molecule has 174 valence electrons. The second-order valence-corrected chi connectivity index (χ2v) is 8.68. The molecule has 0 radical (unpaired) electrons. The van der Waals surface area contributed by atoms with E-state index in [-0.39, 0.29) is 0 Å². The van der Waals surface area contributed by atoms with Gasteiger partial charge in [-0.3, -0.25) is 14.8 Å². The molecule has 2 aromatic heterocycles. The van der Waals surface area contributed by atoms with Crippen molar-refractivity contribution in [3.63, 3.8) is 0 Å². The number of urea groups is 1. The Labute approximate surface area is 193 Å². The van der Waals surface area contributed by atoms with Crippen molar-refractivity contribution in [2.45, 2.75) is 32.2 Å². The van der Waals surface area contributed by atoms with E-state index >= 15 is 0 Å². The molecule has 0 spiro atoms. The van der Waals surface area contributed by atoms with Gasteiger partial charge in [0.05, 0.1) is 12.3 Å². The van der Waals surface area contributed by atoms with Crippen molar-refractivity contribution < 1.29 is 9.53 Å². The van der Waals surface area contributed by atoms with Crippen LogP contribution in [-0.4, -0.2) is 64.8 Å². The molecule has 0 aliphatic carbocycles. The number of rotatable bonds is 7. The lowest BCUT2D eigenvalue weighted by atomic mass is 10.0. The van der Waals surface area contributed by atoms with Gasteiger partial charge < -0.3 is 15.4 Å². The summed E-state index contributed by atoms with van der Waals surface area (Å²) < 4.78 is 7.95. The number of carbonyl (C=O) groups excluding carboxylic acids is 1. The number of nitrogens with two attached hydrogens (primary N) is 1. The third kappa shape index (κ3) is 4.73. The first-order valence-corrected chi connectivity index (χ1v) is 11.8. The summed E-state index contributed by atoms with van der Waals surface area (Å²) in [7, 11) is 0. The van der Waals surface area contributed by atoms with Gasteiger partial charge in [-0.05, 0) is 56.0 Å². The highest BCUT2D eigenvalue weighted by Crippen LogP contribution is 2.35. The lowest BCUT2D eigenvalue weighted by Gasteiger charge is -2.37. The molecule has 33 heavy (non-hydrogen) atoms. The molecule has 0 saturated carbocycles. The fraction of sp³-hybridized carbons (Fsp3) is 0.458. The second-order valence-electron chi connectivity index (χ2n) is 8.68. The van der Waals surface area contributed by atoms with Gasteiger partial charge >= 0.3 is 6.03 Å². The normalized spacial score (nSPS) is 16.4. The van der Waals surface area contributed by atoms with Crippen molar-refractivity contribution in [3.05, 3.63) is 42.1 Å². The summed E-state index contributed by atoms with van der Waals surface area (Å²) in [5.74, 6) is 1.55. The number of hydrogen-bond donors (Lipinski definition) is 2. The summed E-state index contributed by atoms with van der Waals surface area (Å²) in [5, 5.41) is 2.62. The van der Waals surface area contributed by atoms with Crippen LogP contribution in [0.3, 0.4) is 0 Å². The van der Waals surface area contributed by atoms with Crippen molar-refractivity contribution in [1.29, 1.82) is 0 Å². The number of benzene rings is 1. The van der Waals surface area contributed by atoms with Crippen LogP contribution in [0.1, 0.15) is 24.8 Å². The predicted molar refractivity (Wildman–Crippen MR) is 129 cm³/mol. The summed E-state index contributed by atoms with van der Waals surface area (Å²) in [5.41, 5.74) is 9.43. The topological polar surface area (TPSA) is 102 Å². The highest BCUT2D eigenvalue weighted by Gasteiger charge is 2.22. The molecule has 9 heteroatoms. The molecule has 9 nitrogen and oxygen atoms in total. The molecule has 3 aromatic rings. The van der Waals surface area contributed by atoms with E-state index in [0.29, 0.717) is 5.95 Å². The summed E-state index contributed by atoms with van der Waals surface area (Å²) >= 11 is 0. The number of primary amides is 1. The molecule has 5 rings (SSSR count). The fourth-order valence-electron chi connectivity index (χ4n) is 4.81. The van der Waals surface area contributed by atoms with Crippen molar-refractivity contribution >= 4 is 28.8 Å². The Morgan fingerprint density at radius 2 is 1.94 bits per heavy atom. The number of ether oxygens (including phenoxy) is 1. The van der Waals surface area contributed by atoms with E-state index in [1.807, 2.05) is 16.7 Å². The van der Waals surface area contributed by atoms with Crippen molar-refractivity contribution in [2.75, 3.05) is 49.5 Å². The van der Waals surface area contributed by atoms with Crippen LogP contribution in [-0.2, 0) is 13.0 Å². The number of imidazole rings is 1. The zero-order valence-electron chi connectivity index (χ0n) is 18.9. The summed E-state index contributed by atoms with van der Waals surface area (Å²) in [6.45, 7) is 6.74. The van der Waals surface area contributed by atoms with Crippen molar-refractivity contribution in [1.82, 2.24) is 19.4 Å². The molecule has 2 aliphatic heterocycles. The minimum atomic E-state index is -0.616. The van der Waals surface area contributed by atoms with E-state index in [4.69, 9.17) is 10.5 Å². The number of unbranched alkanes of at least 4 members (excludes halogenated alkanes) is 1. The molecule has 1 saturated heterocycles. The van der Waals surface area contributed by atoms with Gasteiger partial charge in [0.25, 0.3) is 0 Å². The summed E-state index contributed by atoms with van der Waals surface area (Å²) in [4.78, 5) is 25.2. The van der Waals surface area contributed by atoms with Crippen LogP contribution in [0.4, 0.5) is 16.4 Å². The Balaban J connectivity index is 1.13. The second kappa shape index (κ2) is 9.66. The number of carbonyl (C=O) groups is 1. The Kier molecular flexibility index (Phi) is 6.30. The van der Waals surface area contributed by atoms with Gasteiger partial charge in [-0.2, -0.15) is 0 Å². The number of para-hydroxylation sites is 1. The number of amides is 2. The molecule has 0 unspecified atom stereocenters. The number of piperazine rings is 1. The average Bonchev–Trinajstić information content (AvgIpc) is 3.18. The highest BCUT2D eigenvalue weighted by atomic mass is 16.5. The number of anilines is 2. The zero-order chi connectivity index (χ0) is 22.6. The number of fused-ring (bicyclic) bond motifs is 2. The van der Waals surface area contributed by atoms with E-state index in [1.54, 1.807) is 6.20 Å². The van der Waals surface area contributed by atoms with Gasteiger partial charge in [-0.1, -0.05) is 12.1 Å². The Bertz CT molecular complexity index is 1120. The molecular weight excluding hydrogens is 418 g/mol. The number of nitrogens with one attached hydrogen (secondary N) is 1. The summed E-state index contributed by atoms with van der Waals surface area (Å²) in [6, 6.07) is 9.66. The molecule has 4 heterocycles. The van der Waals surface area contributed by atoms with E-state index < -0.39 is 6.03 Å². The van der Waals surface area contributed by atoms with Gasteiger partial charge in [0.2, 0.25) is 5.95 Å². The number of aryl methyl sites for hydroxylation is 2. The first-order chi connectivity index (χ1) is 16.2. The molecule has 1 aromatic carbocycles. The van der Waals surface area contributed by atoms with Crippen LogP contribution in [0.25, 0.3) is 11.2 Å². The Hall–Kier alpha value is -3.33. The third-order valence-electron chi connectivity index (χ3n) is 6.47. The number of hydrogen-bond acceptors (Lipinski definition) is 6. The van der Waals surface area contributed by atoms with Gasteiger partial charge in [0.1, 0.15) is 11.3 Å². The van der Waals surface area contributed by atoms with E-state index in [1.165, 1.54) is 11.3 Å². The van der Waals surface area contributed by atoms with E-state index in [2.05, 4.69) is 43.3 Å². The average molecular weight is 450 g/mol. The van der Waals surface area contributed by atoms with Gasteiger partial charge in [0.15, 0.2) is 5.65 Å². The Morgan fingerprint density at radius 3 is 2.79 bits per heavy atom. The van der Waals surface area contributed by atoms with Gasteiger partial charge in [0, 0.05) is 38.9 Å². The van der Waals surface area contributed by atoms with Crippen LogP contribution in [0.15, 0.2) is 36.5 Å². The first kappa shape index (κ1) is 21.5. The van der Waals surface area contributed by atoms with E-state index in [9.17, 15) is 4.79 Å². The quantitative estimate of drug-likeness (QED) is 0.538. The highest BCUT2D eigenvalue weighted by molar-refractivity contribution is 5.88. The molecule has 1 fully saturated rings. The lowest BCUT2D eigenvalue weighted by Crippen LogP contribution is -2.46. The molecule has 2 amide bonds. The maximum atomic E-state index is 11.4. The Morgan fingerprint density at radius 1 is 1.09 bits per heavy atom. The fourth-order valence-corrected chi connectivity index (χ4v) is 4.81. The predicted octanol–water partition coefficient (Wildman–Crippen LogP) is 2.85. The van der Waals surface area contributed by atoms with Crippen LogP contribution in [0, 0.1) is 0 Å². The smallest absolute Gasteiger partial charge is 0.318 e. The van der Waals surface area contributed by atoms with Crippen LogP contribution in [0.5, 0.6) is 5.75 Å². The largest absolute Gasteiger partial charge is 0.491 e. The number of pyridine rings is 1. The molecule has 0 atom stereocenters. The monoisotopic (exact) mass is 449 g/mol. The van der Waals surface area contributed by atoms with Gasteiger partial charge in [-0.15, -0.1) is 0 Å². The first-order valence-electron chi connectivity index (χ1n) is 11.8. The molecule has 3 N–H and O–H groups in total. The molecule has 0 bridgehead atoms. The number of nitrogens with zero attached hydrogens (tertiary/aromatic N) is 5. The van der Waals surface area contributed by atoms with Gasteiger partial charge in [-0.25, -0.2) is 14.8 Å². The minimum absolute atomic E-state index is 0.457. The lowest BCUT2D eigenvalue weighted by molar-refractivity contribution is 0.248. The summed E-state index contributed by atoms with van der Waals surface area (Å²) in [6.07, 6.45) is 5.99. The number of aromatic nitrogens is 3. The minimum Gasteiger partial charge on any atom is -0.491 e. The van der Waals surface area contributed by atoms with Crippen molar-refractivity contribution in [2.24, 2.45) is 5.73 Å². The maximum absolute atomic E-state index is 11.4. The zero-order valence-corrected chi connectivity index (χ0v) is 18.9. The standard InChI is InChI=1S/C24H31N7O2/c25-23(32)28-24-27-19-8-4-10-26-22(19)31(24)12-2-1-11-29-13-15-30(16-14-29)20-9-3-6-18-7-5-17-33-21(18)20/h3-4,6,8-10H,1-2,5,7,11-17H2,(H3,25,27,28,32). The molecule has 2 aliphatic rings. The van der Waals surface area contributed by atoms with Crippen LogP contribution >= 0.6 is 0 Å². The third-order valence-corrected chi connectivity index (χ3v) is 6.47. The van der Waals surface area contributed by atoms with Crippen molar-refractivity contribution in [3.8, 4) is 5.75 Å². The van der Waals surface area contributed by atoms with Crippen LogP contribution in [0.2, 0.25) is 0 Å². The maximum Gasteiger partial charge on any atom is 0.318 e. The molecular formula is C24H31N7O2.